The van der Waals surface area contributed by atoms with Crippen LogP contribution in [0.5, 0.6) is 11.6 Å². The summed E-state index contributed by atoms with van der Waals surface area (Å²) >= 11 is 6.90. The molecular weight excluding hydrogens is 584 g/mol. The standard InChI is InChI=1S/C34H32ClF2N5O2/c35-28-12-26-31(30(37)29(28)25-11-23(43)10-19-4-1-2-5-24(19)25)40-33(44-18-34-8-3-9-42(34)15-20(36)13-34)27(14-38)32(26)41-16-21-6-7-22(17-41)39-21/h1-2,4-5,10-12,20-22,39,43H,3,6-9,13,15-18H2/t20-,21-,22+,34+/m1/s1. The number of fused-ring (bicyclic) bond motifs is 5. The number of alkyl halides is 1. The van der Waals surface area contributed by atoms with Crippen LogP contribution in [0.1, 0.15) is 37.7 Å². The highest BCUT2D eigenvalue weighted by Crippen LogP contribution is 2.46. The van der Waals surface area contributed by atoms with E-state index in [0.717, 1.165) is 43.0 Å². The molecule has 226 valence electrons. The molecule has 0 unspecified atom stereocenters. The normalized spacial score (nSPS) is 26.4. The summed E-state index contributed by atoms with van der Waals surface area (Å²) in [5.41, 5.74) is 0.956. The molecule has 5 heterocycles. The van der Waals surface area contributed by atoms with Crippen molar-refractivity contribution < 1.29 is 18.6 Å². The molecule has 0 aliphatic carbocycles. The lowest BCUT2D eigenvalue weighted by Gasteiger charge is -2.36. The maximum absolute atomic E-state index is 17.0. The number of phenolic OH excluding ortho intramolecular Hbond substituents is 1. The van der Waals surface area contributed by atoms with Crippen LogP contribution < -0.4 is 15.0 Å². The Kier molecular flexibility index (Phi) is 6.60. The molecule has 4 aromatic rings. The number of piperazine rings is 1. The van der Waals surface area contributed by atoms with Crippen molar-refractivity contribution in [2.45, 2.75) is 55.9 Å². The monoisotopic (exact) mass is 615 g/mol. The molecule has 3 aromatic carbocycles. The number of nitriles is 1. The highest BCUT2D eigenvalue weighted by molar-refractivity contribution is 6.35. The molecule has 10 heteroatoms. The summed E-state index contributed by atoms with van der Waals surface area (Å²) in [6.07, 6.45) is 3.26. The maximum Gasteiger partial charge on any atom is 0.234 e. The van der Waals surface area contributed by atoms with Crippen LogP contribution in [0.3, 0.4) is 0 Å². The van der Waals surface area contributed by atoms with Crippen LogP contribution in [0.4, 0.5) is 14.5 Å². The van der Waals surface area contributed by atoms with E-state index in [1.54, 1.807) is 12.1 Å². The fourth-order valence-corrected chi connectivity index (χ4v) is 8.50. The van der Waals surface area contributed by atoms with E-state index in [1.807, 2.05) is 24.3 Å². The van der Waals surface area contributed by atoms with Crippen molar-refractivity contribution in [1.82, 2.24) is 15.2 Å². The van der Waals surface area contributed by atoms with Crippen LogP contribution in [0, 0.1) is 17.1 Å². The summed E-state index contributed by atoms with van der Waals surface area (Å²) in [5.74, 6) is -0.606. The SMILES string of the molecule is N#Cc1c(OC[C@@]23CCCN2C[C@H](F)C3)nc2c(F)c(-c3cc(O)cc4ccccc34)c(Cl)cc2c1N1C[C@H]2CC[C@@H](C1)N2. The topological polar surface area (TPSA) is 84.6 Å². The summed E-state index contributed by atoms with van der Waals surface area (Å²) in [4.78, 5) is 8.96. The molecule has 4 atom stereocenters. The average molecular weight is 616 g/mol. The number of anilines is 1. The van der Waals surface area contributed by atoms with Crippen molar-refractivity contribution in [2.75, 3.05) is 37.7 Å². The predicted octanol–water partition coefficient (Wildman–Crippen LogP) is 6.32. The van der Waals surface area contributed by atoms with Gasteiger partial charge in [-0.3, -0.25) is 4.90 Å². The molecule has 0 saturated carbocycles. The van der Waals surface area contributed by atoms with E-state index >= 15 is 4.39 Å². The Labute approximate surface area is 259 Å². The summed E-state index contributed by atoms with van der Waals surface area (Å²) < 4.78 is 37.9. The number of phenols is 1. The van der Waals surface area contributed by atoms with E-state index in [2.05, 4.69) is 26.2 Å². The number of rotatable bonds is 5. The molecule has 4 aliphatic heterocycles. The number of benzene rings is 3. The third kappa shape index (κ3) is 4.38. The van der Waals surface area contributed by atoms with Crippen molar-refractivity contribution in [1.29, 1.82) is 5.26 Å². The van der Waals surface area contributed by atoms with Crippen LogP contribution >= 0.6 is 11.6 Å². The third-order valence-electron chi connectivity index (χ3n) is 10.1. The first-order chi connectivity index (χ1) is 21.3. The molecule has 2 N–H and O–H groups in total. The van der Waals surface area contributed by atoms with Gasteiger partial charge in [-0.25, -0.2) is 13.8 Å². The lowest BCUT2D eigenvalue weighted by atomic mass is 9.94. The highest BCUT2D eigenvalue weighted by atomic mass is 35.5. The molecule has 7 nitrogen and oxygen atoms in total. The molecule has 0 spiro atoms. The van der Waals surface area contributed by atoms with Gasteiger partial charge in [-0.1, -0.05) is 35.9 Å². The van der Waals surface area contributed by atoms with Gasteiger partial charge in [-0.05, 0) is 66.8 Å². The Morgan fingerprint density at radius 3 is 2.73 bits per heavy atom. The Balaban J connectivity index is 1.32. The molecule has 4 fully saturated rings. The summed E-state index contributed by atoms with van der Waals surface area (Å²) in [6, 6.07) is 15.1. The lowest BCUT2D eigenvalue weighted by molar-refractivity contribution is 0.110. The molecule has 0 amide bonds. The number of nitrogens with zero attached hydrogens (tertiary/aromatic N) is 4. The fourth-order valence-electron chi connectivity index (χ4n) is 8.21. The van der Waals surface area contributed by atoms with Crippen molar-refractivity contribution in [3.8, 4) is 28.8 Å². The molecule has 4 aliphatic rings. The Bertz CT molecular complexity index is 1850. The lowest BCUT2D eigenvalue weighted by Crippen LogP contribution is -2.51. The summed E-state index contributed by atoms with van der Waals surface area (Å²) in [7, 11) is 0. The molecule has 44 heavy (non-hydrogen) atoms. The second-order valence-corrected chi connectivity index (χ2v) is 13.2. The second-order valence-electron chi connectivity index (χ2n) is 12.8. The first-order valence-corrected chi connectivity index (χ1v) is 15.7. The quantitative estimate of drug-likeness (QED) is 0.272. The van der Waals surface area contributed by atoms with Crippen molar-refractivity contribution in [2.24, 2.45) is 0 Å². The minimum atomic E-state index is -0.926. The van der Waals surface area contributed by atoms with Gasteiger partial charge >= 0.3 is 0 Å². The first-order valence-electron chi connectivity index (χ1n) is 15.3. The van der Waals surface area contributed by atoms with Crippen LogP contribution in [-0.2, 0) is 0 Å². The number of aromatic nitrogens is 1. The van der Waals surface area contributed by atoms with Crippen LogP contribution in [0.15, 0.2) is 42.5 Å². The number of aromatic hydroxyl groups is 1. The highest BCUT2D eigenvalue weighted by Gasteiger charge is 2.49. The number of nitrogens with one attached hydrogen (secondary N) is 1. The number of halogens is 3. The zero-order valence-corrected chi connectivity index (χ0v) is 24.9. The number of ether oxygens (including phenoxy) is 1. The maximum atomic E-state index is 17.0. The largest absolute Gasteiger partial charge is 0.508 e. The molecule has 2 bridgehead atoms. The first kappa shape index (κ1) is 27.8. The Hall–Kier alpha value is -3.71. The number of pyridine rings is 1. The van der Waals surface area contributed by atoms with Crippen molar-refractivity contribution in [3.05, 3.63) is 58.9 Å². The van der Waals surface area contributed by atoms with E-state index in [1.165, 1.54) is 6.07 Å². The van der Waals surface area contributed by atoms with E-state index in [4.69, 9.17) is 16.3 Å². The van der Waals surface area contributed by atoms with Gasteiger partial charge < -0.3 is 20.1 Å². The van der Waals surface area contributed by atoms with Gasteiger partial charge in [0.05, 0.1) is 16.2 Å². The zero-order chi connectivity index (χ0) is 30.2. The van der Waals surface area contributed by atoms with Gasteiger partial charge in [0.1, 0.15) is 35.7 Å². The van der Waals surface area contributed by atoms with E-state index in [9.17, 15) is 14.8 Å². The third-order valence-corrected chi connectivity index (χ3v) is 10.4. The van der Waals surface area contributed by atoms with Gasteiger partial charge in [-0.15, -0.1) is 0 Å². The number of hydrogen-bond donors (Lipinski definition) is 2. The van der Waals surface area contributed by atoms with Gasteiger partial charge in [-0.2, -0.15) is 5.26 Å². The average Bonchev–Trinajstić information content (AvgIpc) is 3.65. The molecule has 8 rings (SSSR count). The molecule has 1 aromatic heterocycles. The van der Waals surface area contributed by atoms with Crippen molar-refractivity contribution >= 4 is 39.0 Å². The minimum absolute atomic E-state index is 0.00819. The second kappa shape index (κ2) is 10.4. The number of hydrogen-bond acceptors (Lipinski definition) is 7. The molecular formula is C34H32ClF2N5O2. The minimum Gasteiger partial charge on any atom is -0.508 e. The smallest absolute Gasteiger partial charge is 0.234 e. The van der Waals surface area contributed by atoms with Gasteiger partial charge in [0.15, 0.2) is 5.82 Å². The molecule has 4 saturated heterocycles. The fraction of sp³-hybridized carbons (Fsp3) is 0.412. The van der Waals surface area contributed by atoms with Crippen molar-refractivity contribution in [3.63, 3.8) is 0 Å². The van der Waals surface area contributed by atoms with Gasteiger partial charge in [0, 0.05) is 49.1 Å². The molecule has 0 radical (unpaired) electrons. The Morgan fingerprint density at radius 1 is 1.14 bits per heavy atom. The van der Waals surface area contributed by atoms with E-state index in [-0.39, 0.29) is 52.0 Å². The van der Waals surface area contributed by atoms with E-state index < -0.39 is 17.5 Å². The zero-order valence-electron chi connectivity index (χ0n) is 24.1. The van der Waals surface area contributed by atoms with Gasteiger partial charge in [0.2, 0.25) is 5.88 Å². The van der Waals surface area contributed by atoms with Crippen LogP contribution in [-0.4, -0.2) is 71.6 Å². The van der Waals surface area contributed by atoms with Crippen LogP contribution in [0.2, 0.25) is 5.02 Å². The predicted molar refractivity (Wildman–Crippen MR) is 167 cm³/mol. The Morgan fingerprint density at radius 2 is 1.93 bits per heavy atom. The summed E-state index contributed by atoms with van der Waals surface area (Å²) in [5, 5.41) is 26.8. The van der Waals surface area contributed by atoms with Gasteiger partial charge in [0.25, 0.3) is 0 Å². The van der Waals surface area contributed by atoms with E-state index in [0.29, 0.717) is 42.7 Å². The van der Waals surface area contributed by atoms with Crippen LogP contribution in [0.25, 0.3) is 32.8 Å². The summed E-state index contributed by atoms with van der Waals surface area (Å²) in [6.45, 7) is 2.67.